The van der Waals surface area contributed by atoms with E-state index >= 15 is 0 Å². The topological polar surface area (TPSA) is 66.5 Å². The third kappa shape index (κ3) is 1.72. The Labute approximate surface area is 107 Å². The summed E-state index contributed by atoms with van der Waals surface area (Å²) >= 11 is 0. The molecular formula is C13H20N2O3. The molecule has 1 unspecified atom stereocenters. The van der Waals surface area contributed by atoms with Crippen molar-refractivity contribution in [2.24, 2.45) is 11.3 Å². The summed E-state index contributed by atoms with van der Waals surface area (Å²) in [6, 6.07) is -0.708. The number of rotatable bonds is 4. The highest BCUT2D eigenvalue weighted by atomic mass is 16.2. The lowest BCUT2D eigenvalue weighted by Gasteiger charge is -2.37. The van der Waals surface area contributed by atoms with Gasteiger partial charge < -0.3 is 0 Å². The molecule has 0 aromatic rings. The van der Waals surface area contributed by atoms with E-state index in [2.05, 4.69) is 19.2 Å². The molecule has 18 heavy (non-hydrogen) atoms. The molecule has 1 spiro atoms. The van der Waals surface area contributed by atoms with Crippen molar-refractivity contribution in [1.82, 2.24) is 10.2 Å². The minimum Gasteiger partial charge on any atom is -0.277 e. The standard InChI is InChI=1S/C13H20N2O3/c1-4-9(5-2)8(3)15-11(17)13(6-7-13)10(16)14-12(15)18/h8-9H,4-7H2,1-3H3,(H,14,16,18). The Bertz CT molecular complexity index is 397. The van der Waals surface area contributed by atoms with Gasteiger partial charge in [0.15, 0.2) is 0 Å². The number of urea groups is 1. The highest BCUT2D eigenvalue weighted by Gasteiger charge is 2.62. The first-order valence-electron chi connectivity index (χ1n) is 6.67. The predicted molar refractivity (Wildman–Crippen MR) is 65.6 cm³/mol. The van der Waals surface area contributed by atoms with Crippen molar-refractivity contribution >= 4 is 17.8 Å². The lowest BCUT2D eigenvalue weighted by Crippen LogP contribution is -2.62. The molecule has 100 valence electrons. The average molecular weight is 252 g/mol. The Morgan fingerprint density at radius 2 is 1.78 bits per heavy atom. The number of nitrogens with one attached hydrogen (secondary N) is 1. The Hall–Kier alpha value is -1.39. The van der Waals surface area contributed by atoms with Crippen molar-refractivity contribution in [2.75, 3.05) is 0 Å². The summed E-state index contributed by atoms with van der Waals surface area (Å²) < 4.78 is 0. The van der Waals surface area contributed by atoms with Gasteiger partial charge in [-0.2, -0.15) is 0 Å². The van der Waals surface area contributed by atoms with E-state index in [4.69, 9.17) is 0 Å². The molecule has 1 saturated heterocycles. The summed E-state index contributed by atoms with van der Waals surface area (Å²) in [6.07, 6.45) is 2.96. The van der Waals surface area contributed by atoms with Crippen LogP contribution in [0.25, 0.3) is 0 Å². The van der Waals surface area contributed by atoms with Crippen LogP contribution in [-0.4, -0.2) is 28.8 Å². The Balaban J connectivity index is 2.24. The first-order valence-corrected chi connectivity index (χ1v) is 6.67. The minimum atomic E-state index is -0.922. The fraction of sp³-hybridized carbons (Fsp3) is 0.769. The monoisotopic (exact) mass is 252 g/mol. The largest absolute Gasteiger partial charge is 0.331 e. The van der Waals surface area contributed by atoms with Gasteiger partial charge in [0.1, 0.15) is 5.41 Å². The van der Waals surface area contributed by atoms with Gasteiger partial charge in [0, 0.05) is 6.04 Å². The molecule has 0 radical (unpaired) electrons. The Kier molecular flexibility index (Phi) is 3.17. The van der Waals surface area contributed by atoms with E-state index in [9.17, 15) is 14.4 Å². The second-order valence-corrected chi connectivity index (χ2v) is 5.33. The van der Waals surface area contributed by atoms with Gasteiger partial charge >= 0.3 is 6.03 Å². The van der Waals surface area contributed by atoms with E-state index in [0.717, 1.165) is 12.8 Å². The number of amides is 4. The summed E-state index contributed by atoms with van der Waals surface area (Å²) in [5.41, 5.74) is -0.922. The summed E-state index contributed by atoms with van der Waals surface area (Å²) in [5.74, 6) is -0.426. The molecule has 0 bridgehead atoms. The van der Waals surface area contributed by atoms with Crippen molar-refractivity contribution in [3.63, 3.8) is 0 Å². The van der Waals surface area contributed by atoms with Gasteiger partial charge in [0.2, 0.25) is 11.8 Å². The molecule has 4 amide bonds. The molecule has 1 saturated carbocycles. The van der Waals surface area contributed by atoms with E-state index in [1.165, 1.54) is 4.90 Å². The van der Waals surface area contributed by atoms with Crippen LogP contribution in [0.4, 0.5) is 4.79 Å². The molecule has 1 heterocycles. The van der Waals surface area contributed by atoms with Gasteiger partial charge in [-0.1, -0.05) is 26.7 Å². The van der Waals surface area contributed by atoms with Crippen molar-refractivity contribution < 1.29 is 14.4 Å². The van der Waals surface area contributed by atoms with E-state index in [0.29, 0.717) is 12.8 Å². The summed E-state index contributed by atoms with van der Waals surface area (Å²) in [7, 11) is 0. The molecule has 1 aliphatic heterocycles. The minimum absolute atomic E-state index is 0.155. The highest BCUT2D eigenvalue weighted by Crippen LogP contribution is 2.49. The van der Waals surface area contributed by atoms with Gasteiger partial charge in [0.25, 0.3) is 0 Å². The zero-order chi connectivity index (χ0) is 13.5. The average Bonchev–Trinajstić information content (AvgIpc) is 3.10. The third-order valence-corrected chi connectivity index (χ3v) is 4.39. The SMILES string of the molecule is CCC(CC)C(C)N1C(=O)NC(=O)C2(CC2)C1=O. The molecule has 1 aliphatic carbocycles. The number of carbonyl (C=O) groups is 3. The van der Waals surface area contributed by atoms with Crippen LogP contribution >= 0.6 is 0 Å². The summed E-state index contributed by atoms with van der Waals surface area (Å²) in [4.78, 5) is 37.2. The zero-order valence-electron chi connectivity index (χ0n) is 11.2. The van der Waals surface area contributed by atoms with Gasteiger partial charge in [-0.15, -0.1) is 0 Å². The van der Waals surface area contributed by atoms with Gasteiger partial charge in [0.05, 0.1) is 0 Å². The van der Waals surface area contributed by atoms with E-state index in [1.807, 2.05) is 6.92 Å². The molecule has 1 atom stereocenters. The van der Waals surface area contributed by atoms with E-state index in [1.54, 1.807) is 0 Å². The van der Waals surface area contributed by atoms with Crippen molar-refractivity contribution in [2.45, 2.75) is 52.5 Å². The quantitative estimate of drug-likeness (QED) is 0.774. The second kappa shape index (κ2) is 4.37. The molecule has 2 aliphatic rings. The molecule has 0 aromatic carbocycles. The van der Waals surface area contributed by atoms with Crippen LogP contribution < -0.4 is 5.32 Å². The van der Waals surface area contributed by atoms with Gasteiger partial charge in [-0.05, 0) is 25.7 Å². The van der Waals surface area contributed by atoms with E-state index in [-0.39, 0.29) is 17.9 Å². The molecule has 2 fully saturated rings. The number of nitrogens with zero attached hydrogens (tertiary/aromatic N) is 1. The van der Waals surface area contributed by atoms with Gasteiger partial charge in [-0.25, -0.2) is 4.79 Å². The molecule has 1 N–H and O–H groups in total. The number of barbiturate groups is 1. The second-order valence-electron chi connectivity index (χ2n) is 5.33. The van der Waals surface area contributed by atoms with Crippen LogP contribution in [0.2, 0.25) is 0 Å². The number of carbonyl (C=O) groups excluding carboxylic acids is 3. The Morgan fingerprint density at radius 3 is 2.22 bits per heavy atom. The highest BCUT2D eigenvalue weighted by molar-refractivity contribution is 6.21. The maximum atomic E-state index is 12.4. The third-order valence-electron chi connectivity index (χ3n) is 4.39. The predicted octanol–water partition coefficient (Wildman–Crippen LogP) is 1.67. The van der Waals surface area contributed by atoms with Crippen LogP contribution in [0, 0.1) is 11.3 Å². The molecule has 5 heteroatoms. The molecule has 5 nitrogen and oxygen atoms in total. The normalized spacial score (nSPS) is 23.6. The van der Waals surface area contributed by atoms with Crippen LogP contribution in [-0.2, 0) is 9.59 Å². The summed E-state index contributed by atoms with van der Waals surface area (Å²) in [6.45, 7) is 5.99. The summed E-state index contributed by atoms with van der Waals surface area (Å²) in [5, 5.41) is 2.32. The first-order chi connectivity index (χ1) is 8.47. The van der Waals surface area contributed by atoms with Crippen molar-refractivity contribution in [1.29, 1.82) is 0 Å². The number of hydrogen-bond donors (Lipinski definition) is 1. The molecule has 2 rings (SSSR count). The lowest BCUT2D eigenvalue weighted by atomic mass is 9.91. The van der Waals surface area contributed by atoms with Crippen LogP contribution in [0.1, 0.15) is 46.5 Å². The Morgan fingerprint density at radius 1 is 1.22 bits per heavy atom. The van der Waals surface area contributed by atoms with Crippen LogP contribution in [0.3, 0.4) is 0 Å². The number of imide groups is 2. The first kappa shape index (κ1) is 13.1. The molecule has 0 aromatic heterocycles. The number of hydrogen-bond acceptors (Lipinski definition) is 3. The zero-order valence-corrected chi connectivity index (χ0v) is 11.2. The maximum Gasteiger partial charge on any atom is 0.331 e. The molecular weight excluding hydrogens is 232 g/mol. The van der Waals surface area contributed by atoms with Crippen LogP contribution in [0.5, 0.6) is 0 Å². The van der Waals surface area contributed by atoms with Crippen molar-refractivity contribution in [3.8, 4) is 0 Å². The maximum absolute atomic E-state index is 12.4. The van der Waals surface area contributed by atoms with Gasteiger partial charge in [-0.3, -0.25) is 19.8 Å². The fourth-order valence-corrected chi connectivity index (χ4v) is 2.81. The van der Waals surface area contributed by atoms with Crippen molar-refractivity contribution in [3.05, 3.63) is 0 Å². The van der Waals surface area contributed by atoms with E-state index < -0.39 is 17.4 Å². The van der Waals surface area contributed by atoms with Crippen LogP contribution in [0.15, 0.2) is 0 Å². The smallest absolute Gasteiger partial charge is 0.277 e. The lowest BCUT2D eigenvalue weighted by molar-refractivity contribution is -0.146. The fourth-order valence-electron chi connectivity index (χ4n) is 2.81.